The first-order valence-corrected chi connectivity index (χ1v) is 9.84. The van der Waals surface area contributed by atoms with Crippen molar-refractivity contribution in [3.63, 3.8) is 0 Å². The van der Waals surface area contributed by atoms with Crippen molar-refractivity contribution in [1.82, 2.24) is 4.90 Å². The first-order chi connectivity index (χ1) is 14.2. The zero-order valence-electron chi connectivity index (χ0n) is 18.2. The van der Waals surface area contributed by atoms with Crippen LogP contribution in [0.1, 0.15) is 33.3 Å². The zero-order chi connectivity index (χ0) is 22.1. The van der Waals surface area contributed by atoms with Crippen LogP contribution in [0.15, 0.2) is 48.5 Å². The van der Waals surface area contributed by atoms with E-state index >= 15 is 0 Å². The number of para-hydroxylation sites is 1. The fourth-order valence-corrected chi connectivity index (χ4v) is 2.62. The third kappa shape index (κ3) is 7.31. The second kappa shape index (κ2) is 10.5. The second-order valence-electron chi connectivity index (χ2n) is 7.66. The lowest BCUT2D eigenvalue weighted by Crippen LogP contribution is -2.36. The molecule has 1 N–H and O–H groups in total. The minimum atomic E-state index is -0.572. The number of hydrogen-bond donors (Lipinski definition) is 1. The topological polar surface area (TPSA) is 77.1 Å². The van der Waals surface area contributed by atoms with Gasteiger partial charge in [0, 0.05) is 12.2 Å². The number of ether oxygens (including phenoxy) is 3. The number of nitrogens with one attached hydrogen (secondary N) is 1. The van der Waals surface area contributed by atoms with Crippen LogP contribution in [0.5, 0.6) is 11.5 Å². The lowest BCUT2D eigenvalue weighted by Gasteiger charge is -2.27. The van der Waals surface area contributed by atoms with Gasteiger partial charge in [-0.25, -0.2) is 4.79 Å². The van der Waals surface area contributed by atoms with E-state index in [2.05, 4.69) is 5.32 Å². The van der Waals surface area contributed by atoms with E-state index in [-0.39, 0.29) is 12.5 Å². The van der Waals surface area contributed by atoms with Gasteiger partial charge in [0.05, 0.1) is 13.7 Å². The third-order valence-corrected chi connectivity index (χ3v) is 4.12. The molecule has 7 nitrogen and oxygen atoms in total. The van der Waals surface area contributed by atoms with Gasteiger partial charge in [-0.3, -0.25) is 4.79 Å². The Bertz CT molecular complexity index is 843. The third-order valence-electron chi connectivity index (χ3n) is 4.12. The molecule has 2 amide bonds. The molecule has 0 atom stereocenters. The maximum atomic E-state index is 12.4. The van der Waals surface area contributed by atoms with Gasteiger partial charge in [0.2, 0.25) is 0 Å². The summed E-state index contributed by atoms with van der Waals surface area (Å²) in [5, 5.41) is 2.85. The highest BCUT2D eigenvalue weighted by atomic mass is 16.6. The molecule has 0 aliphatic rings. The van der Waals surface area contributed by atoms with Gasteiger partial charge in [0.25, 0.3) is 5.91 Å². The summed E-state index contributed by atoms with van der Waals surface area (Å²) in [5.41, 5.74) is 0.864. The van der Waals surface area contributed by atoms with Crippen LogP contribution in [0.4, 0.5) is 10.5 Å². The molecular weight excluding hydrogens is 384 g/mol. The quantitative estimate of drug-likeness (QED) is 0.690. The van der Waals surface area contributed by atoms with Crippen LogP contribution in [-0.2, 0) is 16.1 Å². The number of nitrogens with zero attached hydrogens (tertiary/aromatic N) is 1. The maximum Gasteiger partial charge on any atom is 0.410 e. The standard InChI is InChI=1S/C23H30N2O5/c1-6-25(22(27)30-23(2,3)4)15-17-9-7-8-10-20(17)24-21(26)16-29-19-13-11-18(28-5)12-14-19/h7-14H,6,15-16H2,1-5H3,(H,24,26). The fourth-order valence-electron chi connectivity index (χ4n) is 2.62. The lowest BCUT2D eigenvalue weighted by molar-refractivity contribution is -0.118. The van der Waals surface area contributed by atoms with Crippen LogP contribution in [0, 0.1) is 0 Å². The first kappa shape index (κ1) is 23.1. The van der Waals surface area contributed by atoms with Crippen molar-refractivity contribution in [3.05, 3.63) is 54.1 Å². The first-order valence-electron chi connectivity index (χ1n) is 9.84. The van der Waals surface area contributed by atoms with Crippen molar-refractivity contribution in [2.45, 2.75) is 39.8 Å². The molecule has 0 saturated carbocycles. The van der Waals surface area contributed by atoms with Crippen molar-refractivity contribution in [1.29, 1.82) is 0 Å². The Morgan fingerprint density at radius 3 is 2.23 bits per heavy atom. The Kier molecular flexibility index (Phi) is 8.09. The maximum absolute atomic E-state index is 12.4. The molecule has 0 aromatic heterocycles. The highest BCUT2D eigenvalue weighted by Gasteiger charge is 2.22. The van der Waals surface area contributed by atoms with E-state index in [1.165, 1.54) is 0 Å². The van der Waals surface area contributed by atoms with Crippen LogP contribution >= 0.6 is 0 Å². The number of hydrogen-bond acceptors (Lipinski definition) is 5. The Labute approximate surface area is 177 Å². The van der Waals surface area contributed by atoms with Crippen molar-refractivity contribution in [2.75, 3.05) is 25.6 Å². The predicted molar refractivity (Wildman–Crippen MR) is 116 cm³/mol. The molecule has 0 aliphatic heterocycles. The number of anilines is 1. The molecule has 0 bridgehead atoms. The number of benzene rings is 2. The van der Waals surface area contributed by atoms with Crippen molar-refractivity contribution in [2.24, 2.45) is 0 Å². The zero-order valence-corrected chi connectivity index (χ0v) is 18.2. The molecule has 0 saturated heterocycles. The molecule has 162 valence electrons. The summed E-state index contributed by atoms with van der Waals surface area (Å²) in [5.74, 6) is 0.992. The molecule has 0 unspecified atom stereocenters. The van der Waals surface area contributed by atoms with Gasteiger partial charge in [-0.1, -0.05) is 18.2 Å². The van der Waals surface area contributed by atoms with Gasteiger partial charge in [-0.2, -0.15) is 0 Å². The average Bonchev–Trinajstić information content (AvgIpc) is 2.70. The molecule has 2 rings (SSSR count). The van der Waals surface area contributed by atoms with Crippen LogP contribution in [-0.4, -0.2) is 42.8 Å². The SMILES string of the molecule is CCN(Cc1ccccc1NC(=O)COc1ccc(OC)cc1)C(=O)OC(C)(C)C. The smallest absolute Gasteiger partial charge is 0.410 e. The Morgan fingerprint density at radius 1 is 1.00 bits per heavy atom. The molecule has 0 radical (unpaired) electrons. The molecule has 30 heavy (non-hydrogen) atoms. The van der Waals surface area contributed by atoms with Gasteiger partial charge in [-0.15, -0.1) is 0 Å². The summed E-state index contributed by atoms with van der Waals surface area (Å²) < 4.78 is 16.1. The van der Waals surface area contributed by atoms with Crippen LogP contribution in [0.2, 0.25) is 0 Å². The summed E-state index contributed by atoms with van der Waals surface area (Å²) in [4.78, 5) is 26.4. The number of rotatable bonds is 8. The van der Waals surface area contributed by atoms with Crippen LogP contribution in [0.3, 0.4) is 0 Å². The Balaban J connectivity index is 1.99. The number of amides is 2. The van der Waals surface area contributed by atoms with Gasteiger partial charge < -0.3 is 24.4 Å². The highest BCUT2D eigenvalue weighted by molar-refractivity contribution is 5.92. The van der Waals surface area contributed by atoms with E-state index in [1.807, 2.05) is 45.9 Å². The minimum absolute atomic E-state index is 0.135. The number of carbonyl (C=O) groups excluding carboxylic acids is 2. The van der Waals surface area contributed by atoms with Crippen molar-refractivity contribution >= 4 is 17.7 Å². The Hall–Kier alpha value is -3.22. The molecule has 0 spiro atoms. The summed E-state index contributed by atoms with van der Waals surface area (Å²) in [6.07, 6.45) is -0.394. The molecule has 0 heterocycles. The van der Waals surface area contributed by atoms with Crippen molar-refractivity contribution < 1.29 is 23.8 Å². The fraction of sp³-hybridized carbons (Fsp3) is 0.391. The van der Waals surface area contributed by atoms with Crippen LogP contribution < -0.4 is 14.8 Å². The summed E-state index contributed by atoms with van der Waals surface area (Å²) >= 11 is 0. The summed E-state index contributed by atoms with van der Waals surface area (Å²) in [6.45, 7) is 8.04. The Morgan fingerprint density at radius 2 is 1.63 bits per heavy atom. The minimum Gasteiger partial charge on any atom is -0.497 e. The van der Waals surface area contributed by atoms with Gasteiger partial charge >= 0.3 is 6.09 Å². The molecule has 2 aromatic carbocycles. The van der Waals surface area contributed by atoms with E-state index < -0.39 is 11.7 Å². The predicted octanol–water partition coefficient (Wildman–Crippen LogP) is 4.47. The largest absolute Gasteiger partial charge is 0.497 e. The van der Waals surface area contributed by atoms with E-state index in [9.17, 15) is 9.59 Å². The average molecular weight is 415 g/mol. The van der Waals surface area contributed by atoms with E-state index in [4.69, 9.17) is 14.2 Å². The summed E-state index contributed by atoms with van der Waals surface area (Å²) in [7, 11) is 1.59. The van der Waals surface area contributed by atoms with E-state index in [1.54, 1.807) is 42.3 Å². The summed E-state index contributed by atoms with van der Waals surface area (Å²) in [6, 6.07) is 14.3. The van der Waals surface area contributed by atoms with Gasteiger partial charge in [-0.05, 0) is 63.6 Å². The molecule has 7 heteroatoms. The van der Waals surface area contributed by atoms with Gasteiger partial charge in [0.15, 0.2) is 6.61 Å². The molecule has 0 aliphatic carbocycles. The second-order valence-corrected chi connectivity index (χ2v) is 7.66. The monoisotopic (exact) mass is 414 g/mol. The van der Waals surface area contributed by atoms with Crippen molar-refractivity contribution in [3.8, 4) is 11.5 Å². The molecule has 0 fully saturated rings. The van der Waals surface area contributed by atoms with Gasteiger partial charge in [0.1, 0.15) is 17.1 Å². The van der Waals surface area contributed by atoms with E-state index in [0.29, 0.717) is 30.3 Å². The molecule has 2 aromatic rings. The normalized spacial score (nSPS) is 10.8. The van der Waals surface area contributed by atoms with Crippen LogP contribution in [0.25, 0.3) is 0 Å². The highest BCUT2D eigenvalue weighted by Crippen LogP contribution is 2.20. The number of carbonyl (C=O) groups is 2. The molecular formula is C23H30N2O5. The number of methoxy groups -OCH3 is 1. The lowest BCUT2D eigenvalue weighted by atomic mass is 10.1. The van der Waals surface area contributed by atoms with E-state index in [0.717, 1.165) is 5.56 Å².